The molecule has 0 spiro atoms. The Labute approximate surface area is 141 Å². The number of carbonyl (C=O) groups is 1. The molecular formula is C17H16F4N2O2. The fourth-order valence-electron chi connectivity index (χ4n) is 2.32. The van der Waals surface area contributed by atoms with Gasteiger partial charge in [-0.05, 0) is 36.8 Å². The Hall–Kier alpha value is -2.64. The topological polar surface area (TPSA) is 42.3 Å². The Morgan fingerprint density at radius 3 is 2.36 bits per heavy atom. The van der Waals surface area contributed by atoms with Crippen molar-refractivity contribution in [3.05, 3.63) is 69.9 Å². The lowest BCUT2D eigenvalue weighted by molar-refractivity contribution is -0.139. The monoisotopic (exact) mass is 356 g/mol. The number of amides is 1. The molecule has 4 nitrogen and oxygen atoms in total. The standard InChI is InChI=1S/C17H16F4N2O2/c1-11(12-5-7-13(18)8-6-12)22(2)15(24)10-23-9-3-4-14(16(23)25)17(19,20)21/h3-9,11H,10H2,1-2H3. The number of alkyl halides is 3. The van der Waals surface area contributed by atoms with Gasteiger partial charge in [-0.2, -0.15) is 13.2 Å². The lowest BCUT2D eigenvalue weighted by Gasteiger charge is -2.26. The lowest BCUT2D eigenvalue weighted by atomic mass is 10.1. The fourth-order valence-corrected chi connectivity index (χ4v) is 2.32. The second kappa shape index (κ2) is 7.08. The van der Waals surface area contributed by atoms with E-state index in [4.69, 9.17) is 0 Å². The van der Waals surface area contributed by atoms with Crippen molar-refractivity contribution in [2.45, 2.75) is 25.7 Å². The molecule has 1 heterocycles. The molecule has 0 aliphatic heterocycles. The molecule has 0 fully saturated rings. The molecule has 2 rings (SSSR count). The van der Waals surface area contributed by atoms with Crippen LogP contribution in [0, 0.1) is 5.82 Å². The van der Waals surface area contributed by atoms with Crippen molar-refractivity contribution in [3.63, 3.8) is 0 Å². The van der Waals surface area contributed by atoms with Crippen LogP contribution in [0.3, 0.4) is 0 Å². The minimum absolute atomic E-state index is 0.416. The van der Waals surface area contributed by atoms with Crippen LogP contribution in [0.25, 0.3) is 0 Å². The highest BCUT2D eigenvalue weighted by Crippen LogP contribution is 2.26. The number of halogens is 4. The van der Waals surface area contributed by atoms with Gasteiger partial charge in [0.2, 0.25) is 5.91 Å². The molecule has 0 aliphatic rings. The summed E-state index contributed by atoms with van der Waals surface area (Å²) in [5.41, 5.74) is -1.93. The number of hydrogen-bond donors (Lipinski definition) is 0. The van der Waals surface area contributed by atoms with E-state index in [1.54, 1.807) is 6.92 Å². The van der Waals surface area contributed by atoms with Crippen LogP contribution in [-0.2, 0) is 17.5 Å². The van der Waals surface area contributed by atoms with Crippen LogP contribution in [0.5, 0.6) is 0 Å². The smallest absolute Gasteiger partial charge is 0.337 e. The largest absolute Gasteiger partial charge is 0.421 e. The minimum atomic E-state index is -4.78. The first-order chi connectivity index (χ1) is 11.6. The van der Waals surface area contributed by atoms with E-state index < -0.39 is 41.6 Å². The third kappa shape index (κ3) is 4.26. The van der Waals surface area contributed by atoms with Crippen LogP contribution in [0.4, 0.5) is 17.6 Å². The highest BCUT2D eigenvalue weighted by atomic mass is 19.4. The van der Waals surface area contributed by atoms with Gasteiger partial charge in [0.1, 0.15) is 17.9 Å². The fraction of sp³-hybridized carbons (Fsp3) is 0.294. The predicted molar refractivity (Wildman–Crippen MR) is 83.3 cm³/mol. The maximum atomic E-state index is 13.0. The molecule has 1 aromatic carbocycles. The Kier molecular flexibility index (Phi) is 5.30. The molecule has 8 heteroatoms. The maximum absolute atomic E-state index is 13.0. The predicted octanol–water partition coefficient (Wildman–Crippen LogP) is 3.23. The number of aromatic nitrogens is 1. The number of benzene rings is 1. The molecule has 134 valence electrons. The molecule has 0 bridgehead atoms. The van der Waals surface area contributed by atoms with Crippen LogP contribution < -0.4 is 5.56 Å². The SMILES string of the molecule is CC(c1ccc(F)cc1)N(C)C(=O)Cn1cccc(C(F)(F)F)c1=O. The Bertz CT molecular complexity index is 813. The zero-order valence-corrected chi connectivity index (χ0v) is 13.5. The van der Waals surface area contributed by atoms with E-state index in [-0.39, 0.29) is 0 Å². The Morgan fingerprint density at radius 2 is 1.80 bits per heavy atom. The first kappa shape index (κ1) is 18.7. The zero-order chi connectivity index (χ0) is 18.8. The number of pyridine rings is 1. The molecule has 1 atom stereocenters. The van der Waals surface area contributed by atoms with E-state index in [1.807, 2.05) is 0 Å². The summed E-state index contributed by atoms with van der Waals surface area (Å²) in [4.78, 5) is 25.5. The van der Waals surface area contributed by atoms with Crippen LogP contribution >= 0.6 is 0 Å². The average molecular weight is 356 g/mol. The second-order valence-corrected chi connectivity index (χ2v) is 5.58. The molecule has 0 radical (unpaired) electrons. The normalized spacial score (nSPS) is 12.7. The van der Waals surface area contributed by atoms with Gasteiger partial charge in [-0.3, -0.25) is 9.59 Å². The summed E-state index contributed by atoms with van der Waals surface area (Å²) in [5.74, 6) is -0.960. The number of carbonyl (C=O) groups excluding carboxylic acids is 1. The summed E-state index contributed by atoms with van der Waals surface area (Å²) >= 11 is 0. The first-order valence-corrected chi connectivity index (χ1v) is 7.39. The van der Waals surface area contributed by atoms with Gasteiger partial charge in [-0.15, -0.1) is 0 Å². The van der Waals surface area contributed by atoms with Crippen molar-refractivity contribution in [3.8, 4) is 0 Å². The summed E-state index contributed by atoms with van der Waals surface area (Å²) in [7, 11) is 1.47. The van der Waals surface area contributed by atoms with Crippen LogP contribution in [0.1, 0.15) is 24.1 Å². The van der Waals surface area contributed by atoms with Crippen molar-refractivity contribution in [2.75, 3.05) is 7.05 Å². The summed E-state index contributed by atoms with van der Waals surface area (Å²) in [6, 6.07) is 6.84. The van der Waals surface area contributed by atoms with E-state index in [1.165, 1.54) is 36.2 Å². The van der Waals surface area contributed by atoms with Gasteiger partial charge < -0.3 is 9.47 Å². The van der Waals surface area contributed by atoms with Crippen LogP contribution in [0.15, 0.2) is 47.4 Å². The molecule has 1 unspecified atom stereocenters. The zero-order valence-electron chi connectivity index (χ0n) is 13.5. The average Bonchev–Trinajstić information content (AvgIpc) is 2.55. The van der Waals surface area contributed by atoms with E-state index >= 15 is 0 Å². The molecule has 0 saturated carbocycles. The van der Waals surface area contributed by atoms with Gasteiger partial charge in [0.15, 0.2) is 0 Å². The third-order valence-corrected chi connectivity index (χ3v) is 3.96. The van der Waals surface area contributed by atoms with E-state index in [9.17, 15) is 27.2 Å². The molecule has 0 N–H and O–H groups in total. The van der Waals surface area contributed by atoms with Gasteiger partial charge in [0, 0.05) is 13.2 Å². The highest BCUT2D eigenvalue weighted by molar-refractivity contribution is 5.76. The van der Waals surface area contributed by atoms with Crippen molar-refractivity contribution in [1.82, 2.24) is 9.47 Å². The number of nitrogens with zero attached hydrogens (tertiary/aromatic N) is 2. The quantitative estimate of drug-likeness (QED) is 0.790. The first-order valence-electron chi connectivity index (χ1n) is 7.39. The van der Waals surface area contributed by atoms with Gasteiger partial charge in [0.05, 0.1) is 6.04 Å². The molecule has 1 amide bonds. The molecule has 1 aromatic heterocycles. The van der Waals surface area contributed by atoms with Crippen molar-refractivity contribution in [1.29, 1.82) is 0 Å². The van der Waals surface area contributed by atoms with Gasteiger partial charge >= 0.3 is 6.18 Å². The van der Waals surface area contributed by atoms with Gasteiger partial charge in [-0.25, -0.2) is 4.39 Å². The maximum Gasteiger partial charge on any atom is 0.421 e. The van der Waals surface area contributed by atoms with E-state index in [0.29, 0.717) is 11.6 Å². The molecule has 2 aromatic rings. The number of hydrogen-bond acceptors (Lipinski definition) is 2. The third-order valence-electron chi connectivity index (χ3n) is 3.96. The van der Waals surface area contributed by atoms with E-state index in [2.05, 4.69) is 0 Å². The summed E-state index contributed by atoms with van der Waals surface area (Å²) in [6.07, 6.45) is -3.65. The summed E-state index contributed by atoms with van der Waals surface area (Å²) in [6.45, 7) is 1.17. The molecular weight excluding hydrogens is 340 g/mol. The minimum Gasteiger partial charge on any atom is -0.337 e. The number of rotatable bonds is 4. The molecule has 0 aliphatic carbocycles. The number of likely N-dealkylation sites (N-methyl/N-ethyl adjacent to an activating group) is 1. The van der Waals surface area contributed by atoms with Crippen molar-refractivity contribution >= 4 is 5.91 Å². The van der Waals surface area contributed by atoms with E-state index in [0.717, 1.165) is 16.8 Å². The van der Waals surface area contributed by atoms with Gasteiger partial charge in [-0.1, -0.05) is 12.1 Å². The molecule has 0 saturated heterocycles. The second-order valence-electron chi connectivity index (χ2n) is 5.58. The lowest BCUT2D eigenvalue weighted by Crippen LogP contribution is -2.37. The Morgan fingerprint density at radius 1 is 1.20 bits per heavy atom. The van der Waals surface area contributed by atoms with Crippen molar-refractivity contribution < 1.29 is 22.4 Å². The summed E-state index contributed by atoms with van der Waals surface area (Å²) in [5, 5.41) is 0. The van der Waals surface area contributed by atoms with Crippen LogP contribution in [-0.4, -0.2) is 22.4 Å². The summed E-state index contributed by atoms with van der Waals surface area (Å²) < 4.78 is 52.0. The van der Waals surface area contributed by atoms with Crippen LogP contribution in [0.2, 0.25) is 0 Å². The Balaban J connectivity index is 2.19. The molecule has 25 heavy (non-hydrogen) atoms. The van der Waals surface area contributed by atoms with Gasteiger partial charge in [0.25, 0.3) is 5.56 Å². The highest BCUT2D eigenvalue weighted by Gasteiger charge is 2.34. The van der Waals surface area contributed by atoms with Crippen molar-refractivity contribution in [2.24, 2.45) is 0 Å².